The second-order valence-electron chi connectivity index (χ2n) is 9.29. The Morgan fingerprint density at radius 2 is 1.79 bits per heavy atom. The van der Waals surface area contributed by atoms with Crippen LogP contribution in [0, 0.1) is 4.77 Å². The molecule has 1 N–H and O–H groups in total. The number of aromatic nitrogens is 2. The lowest BCUT2D eigenvalue weighted by Crippen LogP contribution is -2.49. The highest BCUT2D eigenvalue weighted by Gasteiger charge is 2.34. The van der Waals surface area contributed by atoms with Gasteiger partial charge in [0.25, 0.3) is 5.91 Å². The quantitative estimate of drug-likeness (QED) is 0.444. The zero-order valence-corrected chi connectivity index (χ0v) is 22.1. The number of carbonyl (C=O) groups excluding carboxylic acids is 2. The first-order valence-electron chi connectivity index (χ1n) is 12.3. The molecule has 2 aliphatic heterocycles. The van der Waals surface area contributed by atoms with Gasteiger partial charge in [0.2, 0.25) is 10.7 Å². The number of rotatable bonds is 6. The molecule has 2 aromatic carbocycles. The summed E-state index contributed by atoms with van der Waals surface area (Å²) in [4.78, 5) is 34.0. The average Bonchev–Trinajstić information content (AvgIpc) is 3.27. The van der Waals surface area contributed by atoms with Crippen molar-refractivity contribution < 1.29 is 32.2 Å². The Labute approximate surface area is 227 Å². The average molecular weight is 562 g/mol. The second kappa shape index (κ2) is 10.4. The topological polar surface area (TPSA) is 88.9 Å². The Morgan fingerprint density at radius 1 is 1.10 bits per heavy atom. The molecule has 0 aliphatic carbocycles. The van der Waals surface area contributed by atoms with Crippen LogP contribution in [0.15, 0.2) is 36.4 Å². The van der Waals surface area contributed by atoms with Gasteiger partial charge in [-0.05, 0) is 42.9 Å². The number of halogens is 3. The Kier molecular flexibility index (Phi) is 7.10. The first-order chi connectivity index (χ1) is 18.6. The number of benzene rings is 2. The molecule has 9 nitrogen and oxygen atoms in total. The van der Waals surface area contributed by atoms with Gasteiger partial charge >= 0.3 is 6.18 Å². The first kappa shape index (κ1) is 26.7. The third kappa shape index (κ3) is 5.10. The predicted octanol–water partition coefficient (Wildman–Crippen LogP) is 4.37. The molecule has 1 atom stereocenters. The third-order valence-electron chi connectivity index (χ3n) is 7.04. The number of hydrogen-bond acceptors (Lipinski definition) is 8. The van der Waals surface area contributed by atoms with Crippen LogP contribution in [0.5, 0.6) is 11.5 Å². The Hall–Kier alpha value is -3.87. The third-order valence-corrected chi connectivity index (χ3v) is 7.31. The van der Waals surface area contributed by atoms with E-state index >= 15 is 0 Å². The van der Waals surface area contributed by atoms with Crippen LogP contribution in [0.1, 0.15) is 23.2 Å². The molecular weight excluding hydrogens is 535 g/mol. The van der Waals surface area contributed by atoms with E-state index in [1.54, 1.807) is 23.1 Å². The molecular formula is C26H26F3N5O4S. The molecule has 1 fully saturated rings. The molecule has 39 heavy (non-hydrogen) atoms. The number of amides is 1. The molecule has 2 aliphatic rings. The van der Waals surface area contributed by atoms with E-state index in [1.807, 2.05) is 4.90 Å². The molecule has 1 amide bonds. The van der Waals surface area contributed by atoms with Gasteiger partial charge < -0.3 is 24.6 Å². The molecule has 5 rings (SSSR count). The number of piperazine rings is 1. The molecule has 0 spiro atoms. The van der Waals surface area contributed by atoms with Crippen molar-refractivity contribution in [1.82, 2.24) is 14.5 Å². The van der Waals surface area contributed by atoms with Crippen molar-refractivity contribution in [3.8, 4) is 11.5 Å². The van der Waals surface area contributed by atoms with E-state index in [9.17, 15) is 22.8 Å². The van der Waals surface area contributed by atoms with Gasteiger partial charge in [0.15, 0.2) is 11.5 Å². The molecule has 13 heteroatoms. The second-order valence-corrected chi connectivity index (χ2v) is 9.66. The number of hydrogen-bond donors (Lipinski definition) is 1. The number of carbonyl (C=O) groups is 2. The molecule has 3 aromatic rings. The van der Waals surface area contributed by atoms with E-state index in [1.165, 1.54) is 24.9 Å². The highest BCUT2D eigenvalue weighted by Crippen LogP contribution is 2.37. The van der Waals surface area contributed by atoms with Crippen LogP contribution in [0.4, 0.5) is 24.7 Å². The normalized spacial score (nSPS) is 17.3. The first-order valence-corrected chi connectivity index (χ1v) is 12.7. The SMILES string of the molecule is COc1cc2nc(=S)n3c(c2cc1OC)N[C@H](CCC(=O)N1CCN(c2cccc(C(F)(F)F)c2)CC1)C3=O. The minimum atomic E-state index is -4.41. The fourth-order valence-corrected chi connectivity index (χ4v) is 5.24. The molecule has 0 radical (unpaired) electrons. The zero-order valence-electron chi connectivity index (χ0n) is 21.2. The highest BCUT2D eigenvalue weighted by atomic mass is 32.1. The van der Waals surface area contributed by atoms with Crippen LogP contribution < -0.4 is 19.7 Å². The fraction of sp³-hybridized carbons (Fsp3) is 0.385. The summed E-state index contributed by atoms with van der Waals surface area (Å²) in [5.41, 5.74) is 0.315. The Bertz CT molecular complexity index is 1500. The number of anilines is 2. The molecule has 1 saturated heterocycles. The van der Waals surface area contributed by atoms with Gasteiger partial charge in [-0.15, -0.1) is 0 Å². The Balaban J connectivity index is 1.23. The standard InChI is InChI=1S/C26H26F3N5O4S/c1-37-20-13-17-19(14-21(20)38-2)31-25(39)34-23(17)30-18(24(34)36)6-7-22(35)33-10-8-32(9-11-33)16-5-3-4-15(12-16)26(27,28)29/h3-5,12-14,18,30H,6-11H2,1-2H3/t18-/m1/s1. The number of fused-ring (bicyclic) bond motifs is 3. The summed E-state index contributed by atoms with van der Waals surface area (Å²) >= 11 is 5.37. The van der Waals surface area contributed by atoms with E-state index in [-0.39, 0.29) is 29.4 Å². The van der Waals surface area contributed by atoms with Crippen LogP contribution in [0.25, 0.3) is 10.9 Å². The van der Waals surface area contributed by atoms with Crippen molar-refractivity contribution in [2.24, 2.45) is 0 Å². The molecule has 0 bridgehead atoms. The summed E-state index contributed by atoms with van der Waals surface area (Å²) in [6, 6.07) is 7.93. The van der Waals surface area contributed by atoms with Crippen molar-refractivity contribution in [2.45, 2.75) is 25.1 Å². The largest absolute Gasteiger partial charge is 0.493 e. The summed E-state index contributed by atoms with van der Waals surface area (Å²) in [5.74, 6) is 1.03. The molecule has 0 saturated carbocycles. The zero-order chi connectivity index (χ0) is 27.9. The van der Waals surface area contributed by atoms with Gasteiger partial charge in [0, 0.05) is 49.7 Å². The van der Waals surface area contributed by atoms with E-state index in [2.05, 4.69) is 10.3 Å². The highest BCUT2D eigenvalue weighted by molar-refractivity contribution is 7.71. The Morgan fingerprint density at radius 3 is 2.46 bits per heavy atom. The van der Waals surface area contributed by atoms with Crippen molar-refractivity contribution in [1.29, 1.82) is 0 Å². The van der Waals surface area contributed by atoms with Gasteiger partial charge in [-0.25, -0.2) is 9.55 Å². The van der Waals surface area contributed by atoms with Crippen molar-refractivity contribution in [3.05, 3.63) is 46.7 Å². The van der Waals surface area contributed by atoms with Crippen LogP contribution >= 0.6 is 12.2 Å². The maximum Gasteiger partial charge on any atom is 0.416 e. The van der Waals surface area contributed by atoms with Gasteiger partial charge in [0.1, 0.15) is 11.9 Å². The van der Waals surface area contributed by atoms with Crippen molar-refractivity contribution in [2.75, 3.05) is 50.6 Å². The van der Waals surface area contributed by atoms with Crippen LogP contribution in [-0.2, 0) is 11.0 Å². The van der Waals surface area contributed by atoms with Crippen LogP contribution in [-0.4, -0.2) is 72.7 Å². The number of nitrogens with zero attached hydrogens (tertiary/aromatic N) is 4. The number of methoxy groups -OCH3 is 2. The van der Waals surface area contributed by atoms with Crippen LogP contribution in [0.3, 0.4) is 0 Å². The van der Waals surface area contributed by atoms with Gasteiger partial charge in [0.05, 0.1) is 25.3 Å². The maximum absolute atomic E-state index is 13.2. The smallest absolute Gasteiger partial charge is 0.416 e. The van der Waals surface area contributed by atoms with E-state index in [0.717, 1.165) is 12.1 Å². The number of alkyl halides is 3. The summed E-state index contributed by atoms with van der Waals surface area (Å²) in [6.07, 6.45) is -4.04. The monoisotopic (exact) mass is 561 g/mol. The predicted molar refractivity (Wildman–Crippen MR) is 141 cm³/mol. The van der Waals surface area contributed by atoms with E-state index < -0.39 is 17.8 Å². The van der Waals surface area contributed by atoms with Crippen LogP contribution in [0.2, 0.25) is 0 Å². The van der Waals surface area contributed by atoms with Crippen molar-refractivity contribution in [3.63, 3.8) is 0 Å². The maximum atomic E-state index is 13.2. The van der Waals surface area contributed by atoms with Crippen molar-refractivity contribution >= 4 is 46.4 Å². The van der Waals surface area contributed by atoms with Gasteiger partial charge in [-0.2, -0.15) is 13.2 Å². The lowest BCUT2D eigenvalue weighted by Gasteiger charge is -2.36. The van der Waals surface area contributed by atoms with E-state index in [4.69, 9.17) is 21.7 Å². The van der Waals surface area contributed by atoms with Gasteiger partial charge in [-0.3, -0.25) is 9.59 Å². The summed E-state index contributed by atoms with van der Waals surface area (Å²) in [6.45, 7) is 1.58. The van der Waals surface area contributed by atoms with E-state index in [0.29, 0.717) is 60.1 Å². The molecule has 1 aromatic heterocycles. The minimum Gasteiger partial charge on any atom is -0.493 e. The fourth-order valence-electron chi connectivity index (χ4n) is 4.96. The molecule has 0 unspecified atom stereocenters. The van der Waals surface area contributed by atoms with Gasteiger partial charge in [-0.1, -0.05) is 6.07 Å². The molecule has 206 valence electrons. The summed E-state index contributed by atoms with van der Waals surface area (Å²) < 4.78 is 51.4. The lowest BCUT2D eigenvalue weighted by atomic mass is 10.1. The number of nitrogens with one attached hydrogen (secondary N) is 1. The minimum absolute atomic E-state index is 0.0989. The molecule has 3 heterocycles. The summed E-state index contributed by atoms with van der Waals surface area (Å²) in [7, 11) is 3.03. The lowest BCUT2D eigenvalue weighted by molar-refractivity contribution is -0.137. The summed E-state index contributed by atoms with van der Waals surface area (Å²) in [5, 5.41) is 3.83. The number of ether oxygens (including phenoxy) is 2.